The number of hydrogen-bond donors (Lipinski definition) is 1. The van der Waals surface area contributed by atoms with Gasteiger partial charge < -0.3 is 9.84 Å². The topological polar surface area (TPSA) is 29.5 Å². The van der Waals surface area contributed by atoms with Crippen LogP contribution in [0.15, 0.2) is 36.4 Å². The largest absolute Gasteiger partial charge is 0.491 e. The van der Waals surface area contributed by atoms with Crippen LogP contribution < -0.4 is 4.74 Å². The third-order valence-electron chi connectivity index (χ3n) is 8.08. The predicted molar refractivity (Wildman–Crippen MR) is 134 cm³/mol. The zero-order valence-electron chi connectivity index (χ0n) is 20.8. The molecule has 2 aliphatic rings. The molecule has 0 amide bonds. The van der Waals surface area contributed by atoms with Crippen molar-refractivity contribution in [1.29, 1.82) is 0 Å². The fourth-order valence-electron chi connectivity index (χ4n) is 5.86. The summed E-state index contributed by atoms with van der Waals surface area (Å²) in [6, 6.07) is 8.68. The molecule has 0 spiro atoms. The quantitative estimate of drug-likeness (QED) is 0.428. The van der Waals surface area contributed by atoms with Crippen molar-refractivity contribution < 1.29 is 23.0 Å². The van der Waals surface area contributed by atoms with Gasteiger partial charge in [-0.05, 0) is 112 Å². The summed E-state index contributed by atoms with van der Waals surface area (Å²) in [5, 5.41) is 9.79. The molecular weight excluding hydrogens is 449 g/mol. The van der Waals surface area contributed by atoms with E-state index in [1.807, 2.05) is 19.1 Å². The van der Waals surface area contributed by atoms with Crippen LogP contribution in [0.2, 0.25) is 0 Å². The molecule has 0 aromatic heterocycles. The van der Waals surface area contributed by atoms with E-state index >= 15 is 0 Å². The number of halogens is 3. The van der Waals surface area contributed by atoms with Gasteiger partial charge in [0.15, 0.2) is 23.2 Å². The molecule has 2 nitrogen and oxygen atoms in total. The van der Waals surface area contributed by atoms with Crippen molar-refractivity contribution in [1.82, 2.24) is 0 Å². The highest BCUT2D eigenvalue weighted by molar-refractivity contribution is 5.52. The molecule has 1 unspecified atom stereocenters. The highest BCUT2D eigenvalue weighted by atomic mass is 19.2. The van der Waals surface area contributed by atoms with Crippen molar-refractivity contribution in [3.8, 4) is 5.75 Å². The van der Waals surface area contributed by atoms with Crippen molar-refractivity contribution in [2.75, 3.05) is 6.61 Å². The molecule has 2 aliphatic carbocycles. The number of allylic oxidation sites excluding steroid dienone is 1. The molecule has 0 radical (unpaired) electrons. The molecule has 35 heavy (non-hydrogen) atoms. The van der Waals surface area contributed by atoms with Gasteiger partial charge in [-0.2, -0.15) is 0 Å². The monoisotopic (exact) mass is 486 g/mol. The SMILES string of the molecule is CCOc1ccc(C2CCC(/C=C/c3ccc(C4CCC(C(C)O)CC4)c(F)c3F)CC2)cc1F. The van der Waals surface area contributed by atoms with E-state index in [0.29, 0.717) is 35.3 Å². The van der Waals surface area contributed by atoms with Gasteiger partial charge in [-0.15, -0.1) is 0 Å². The minimum Gasteiger partial charge on any atom is -0.491 e. The van der Waals surface area contributed by atoms with Gasteiger partial charge in [0, 0.05) is 5.56 Å². The van der Waals surface area contributed by atoms with E-state index in [0.717, 1.165) is 56.9 Å². The molecular formula is C30H37F3O2. The molecule has 5 heteroatoms. The Hall–Kier alpha value is -2.27. The van der Waals surface area contributed by atoms with E-state index in [9.17, 15) is 18.3 Å². The second-order valence-corrected chi connectivity index (χ2v) is 10.3. The van der Waals surface area contributed by atoms with E-state index in [1.165, 1.54) is 0 Å². The summed E-state index contributed by atoms with van der Waals surface area (Å²) in [5.74, 6) is -0.642. The highest BCUT2D eigenvalue weighted by Crippen LogP contribution is 2.40. The Morgan fingerprint density at radius 1 is 0.914 bits per heavy atom. The Kier molecular flexibility index (Phi) is 8.59. The maximum absolute atomic E-state index is 14.9. The fraction of sp³-hybridized carbons (Fsp3) is 0.533. The molecule has 2 aromatic carbocycles. The summed E-state index contributed by atoms with van der Waals surface area (Å²) >= 11 is 0. The highest BCUT2D eigenvalue weighted by Gasteiger charge is 2.28. The Bertz CT molecular complexity index is 1020. The number of ether oxygens (including phenoxy) is 1. The van der Waals surface area contributed by atoms with Gasteiger partial charge >= 0.3 is 0 Å². The molecule has 4 rings (SSSR count). The zero-order chi connectivity index (χ0) is 24.9. The van der Waals surface area contributed by atoms with E-state index < -0.39 is 11.6 Å². The molecule has 0 bridgehead atoms. The fourth-order valence-corrected chi connectivity index (χ4v) is 5.86. The minimum absolute atomic E-state index is 0.0141. The van der Waals surface area contributed by atoms with Crippen molar-refractivity contribution in [2.45, 2.75) is 83.2 Å². The molecule has 2 fully saturated rings. The lowest BCUT2D eigenvalue weighted by molar-refractivity contribution is 0.0963. The summed E-state index contributed by atoms with van der Waals surface area (Å²) in [7, 11) is 0. The lowest BCUT2D eigenvalue weighted by Crippen LogP contribution is -2.23. The second kappa shape index (κ2) is 11.6. The Morgan fingerprint density at radius 2 is 1.60 bits per heavy atom. The van der Waals surface area contributed by atoms with Crippen LogP contribution >= 0.6 is 0 Å². The normalized spacial score (nSPS) is 26.1. The maximum atomic E-state index is 14.9. The van der Waals surface area contributed by atoms with Crippen molar-refractivity contribution >= 4 is 6.08 Å². The van der Waals surface area contributed by atoms with Crippen LogP contribution in [-0.2, 0) is 0 Å². The molecule has 2 saturated carbocycles. The maximum Gasteiger partial charge on any atom is 0.166 e. The van der Waals surface area contributed by atoms with Crippen LogP contribution in [0, 0.1) is 29.3 Å². The molecule has 0 heterocycles. The van der Waals surface area contributed by atoms with Gasteiger partial charge in [-0.3, -0.25) is 0 Å². The van der Waals surface area contributed by atoms with E-state index in [4.69, 9.17) is 4.74 Å². The van der Waals surface area contributed by atoms with Gasteiger partial charge in [-0.1, -0.05) is 30.4 Å². The molecule has 0 saturated heterocycles. The van der Waals surface area contributed by atoms with Crippen molar-refractivity contribution in [3.63, 3.8) is 0 Å². The van der Waals surface area contributed by atoms with E-state index in [2.05, 4.69) is 0 Å². The molecule has 1 atom stereocenters. The van der Waals surface area contributed by atoms with Crippen LogP contribution in [0.1, 0.15) is 93.7 Å². The van der Waals surface area contributed by atoms with Gasteiger partial charge in [0.05, 0.1) is 12.7 Å². The second-order valence-electron chi connectivity index (χ2n) is 10.3. The van der Waals surface area contributed by atoms with Crippen LogP contribution in [0.3, 0.4) is 0 Å². The molecule has 190 valence electrons. The van der Waals surface area contributed by atoms with Crippen LogP contribution in [0.4, 0.5) is 13.2 Å². The third kappa shape index (κ3) is 6.11. The number of rotatable bonds is 7. The van der Waals surface area contributed by atoms with Crippen LogP contribution in [-0.4, -0.2) is 17.8 Å². The Balaban J connectivity index is 1.34. The summed E-state index contributed by atoms with van der Waals surface area (Å²) in [6.45, 7) is 4.08. The van der Waals surface area contributed by atoms with Gasteiger partial charge in [-0.25, -0.2) is 13.2 Å². The van der Waals surface area contributed by atoms with E-state index in [1.54, 1.807) is 37.3 Å². The Labute approximate surface area is 207 Å². The number of aliphatic hydroxyl groups excluding tert-OH is 1. The number of benzene rings is 2. The number of hydrogen-bond acceptors (Lipinski definition) is 2. The first kappa shape index (κ1) is 25.8. The standard InChI is InChI=1S/C30H37F3O2/c1-3-35-28-17-15-25(18-27(28)31)22-7-4-20(5-8-22)6-9-24-14-16-26(30(33)29(24)32)23-12-10-21(11-13-23)19(2)34/h6,9,14-23,34H,3-5,7-8,10-13H2,1-2H3/b9-6+. The summed E-state index contributed by atoms with van der Waals surface area (Å²) < 4.78 is 49.3. The first-order valence-corrected chi connectivity index (χ1v) is 13.1. The lowest BCUT2D eigenvalue weighted by atomic mass is 9.76. The summed E-state index contributed by atoms with van der Waals surface area (Å²) in [6.07, 6.45) is 10.4. The predicted octanol–water partition coefficient (Wildman–Crippen LogP) is 8.14. The molecule has 0 aliphatic heterocycles. The van der Waals surface area contributed by atoms with Crippen LogP contribution in [0.25, 0.3) is 6.08 Å². The average molecular weight is 487 g/mol. The van der Waals surface area contributed by atoms with Gasteiger partial charge in [0.1, 0.15) is 0 Å². The van der Waals surface area contributed by atoms with Crippen molar-refractivity contribution in [3.05, 3.63) is 70.5 Å². The van der Waals surface area contributed by atoms with Gasteiger partial charge in [0.25, 0.3) is 0 Å². The molecule has 2 aromatic rings. The summed E-state index contributed by atoms with van der Waals surface area (Å²) in [4.78, 5) is 0. The van der Waals surface area contributed by atoms with Crippen LogP contribution in [0.5, 0.6) is 5.75 Å². The Morgan fingerprint density at radius 3 is 2.23 bits per heavy atom. The zero-order valence-corrected chi connectivity index (χ0v) is 20.8. The first-order chi connectivity index (χ1) is 16.9. The third-order valence-corrected chi connectivity index (χ3v) is 8.08. The minimum atomic E-state index is -0.769. The average Bonchev–Trinajstić information content (AvgIpc) is 2.87. The number of aliphatic hydroxyl groups is 1. The van der Waals surface area contributed by atoms with Gasteiger partial charge in [0.2, 0.25) is 0 Å². The van der Waals surface area contributed by atoms with E-state index in [-0.39, 0.29) is 23.8 Å². The molecule has 1 N–H and O–H groups in total. The first-order valence-electron chi connectivity index (χ1n) is 13.1. The van der Waals surface area contributed by atoms with Crippen molar-refractivity contribution in [2.24, 2.45) is 11.8 Å². The smallest absolute Gasteiger partial charge is 0.166 e. The lowest BCUT2D eigenvalue weighted by Gasteiger charge is -2.30. The summed E-state index contributed by atoms with van der Waals surface area (Å²) in [5.41, 5.74) is 1.76.